The van der Waals surface area contributed by atoms with E-state index in [-0.39, 0.29) is 0 Å². The summed E-state index contributed by atoms with van der Waals surface area (Å²) in [6, 6.07) is 69.5. The van der Waals surface area contributed by atoms with E-state index in [9.17, 15) is 0 Å². The second-order valence-corrected chi connectivity index (χ2v) is 17.1. The van der Waals surface area contributed by atoms with Gasteiger partial charge in [-0.2, -0.15) is 0 Å². The molecule has 11 aromatic rings. The molecule has 0 spiro atoms. The number of fused-ring (bicyclic) bond motifs is 9. The van der Waals surface area contributed by atoms with Crippen molar-refractivity contribution in [3.8, 4) is 22.3 Å². The van der Waals surface area contributed by atoms with E-state index in [1.54, 1.807) is 0 Å². The van der Waals surface area contributed by atoms with Crippen LogP contribution in [0.2, 0.25) is 0 Å². The van der Waals surface area contributed by atoms with Gasteiger partial charge in [0.25, 0.3) is 0 Å². The fourth-order valence-electron chi connectivity index (χ4n) is 8.88. The first-order valence-corrected chi connectivity index (χ1v) is 20.4. The summed E-state index contributed by atoms with van der Waals surface area (Å²) in [5.74, 6) is 0. The quantitative estimate of drug-likeness (QED) is 0.131. The van der Waals surface area contributed by atoms with Gasteiger partial charge in [-0.3, -0.25) is 0 Å². The van der Waals surface area contributed by atoms with Gasteiger partial charge in [-0.25, -0.2) is 0 Å². The highest BCUT2D eigenvalue weighted by Gasteiger charge is 2.30. The van der Waals surface area contributed by atoms with E-state index in [2.05, 4.69) is 133 Å². The summed E-state index contributed by atoms with van der Waals surface area (Å²) in [4.78, 5) is 0. The number of benzene rings is 10. The summed E-state index contributed by atoms with van der Waals surface area (Å²) in [6.45, 7) is 0. The Morgan fingerprint density at radius 3 is 1.47 bits per heavy atom. The van der Waals surface area contributed by atoms with Crippen molar-refractivity contribution in [1.29, 1.82) is 0 Å². The molecule has 0 aliphatic rings. The van der Waals surface area contributed by atoms with E-state index in [1.165, 1.54) is 21.5 Å². The average molecular weight is 721 g/mol. The molecule has 0 amide bonds. The maximum absolute atomic E-state index is 15.5. The molecule has 2 nitrogen and oxygen atoms in total. The van der Waals surface area contributed by atoms with Crippen molar-refractivity contribution in [1.82, 2.24) is 0 Å². The van der Waals surface area contributed by atoms with Gasteiger partial charge in [0.05, 0.1) is 0 Å². The Morgan fingerprint density at radius 2 is 0.855 bits per heavy atom. The lowest BCUT2D eigenvalue weighted by molar-refractivity contribution is 0.592. The number of hydrogen-bond acceptors (Lipinski definition) is 2. The van der Waals surface area contributed by atoms with E-state index >= 15 is 4.57 Å². The smallest absolute Gasteiger partial charge is 0.171 e. The van der Waals surface area contributed by atoms with Gasteiger partial charge in [-0.1, -0.05) is 182 Å². The maximum atomic E-state index is 15.5. The normalized spacial score (nSPS) is 12.1. The van der Waals surface area contributed by atoms with Crippen LogP contribution in [-0.4, -0.2) is 0 Å². The van der Waals surface area contributed by atoms with Gasteiger partial charge < -0.3 is 8.98 Å². The summed E-state index contributed by atoms with van der Waals surface area (Å²) in [6.07, 6.45) is 0. The minimum absolute atomic E-state index is 0.811. The summed E-state index contributed by atoms with van der Waals surface area (Å²) >= 11 is 0. The third kappa shape index (κ3) is 4.79. The summed E-state index contributed by atoms with van der Waals surface area (Å²) in [5.41, 5.74) is 6.14. The van der Waals surface area contributed by atoms with Crippen molar-refractivity contribution in [2.75, 3.05) is 0 Å². The SMILES string of the molecule is O=P(c1ccccc1)(c1ccccc1)c1cccc(-c2c3ccccc3c(-c3cc4ccccc4c4c3oc3ccc5ccccc5c34)c3ccccc23)c1. The van der Waals surface area contributed by atoms with Crippen molar-refractivity contribution in [2.24, 2.45) is 0 Å². The maximum Gasteiger partial charge on any atom is 0.171 e. The monoisotopic (exact) mass is 720 g/mol. The predicted octanol–water partition coefficient (Wildman–Crippen LogP) is 13.2. The van der Waals surface area contributed by atoms with E-state index in [1.807, 2.05) is 66.7 Å². The Hall–Kier alpha value is -6.73. The molecule has 258 valence electrons. The highest BCUT2D eigenvalue weighted by atomic mass is 31.2. The molecule has 0 radical (unpaired) electrons. The van der Waals surface area contributed by atoms with Gasteiger partial charge >= 0.3 is 0 Å². The van der Waals surface area contributed by atoms with Gasteiger partial charge in [0.1, 0.15) is 11.2 Å². The zero-order chi connectivity index (χ0) is 36.5. The van der Waals surface area contributed by atoms with Crippen LogP contribution in [0, 0.1) is 0 Å². The van der Waals surface area contributed by atoms with E-state index < -0.39 is 7.14 Å². The van der Waals surface area contributed by atoms with E-state index in [4.69, 9.17) is 4.42 Å². The molecule has 0 unspecified atom stereocenters. The van der Waals surface area contributed by atoms with Gasteiger partial charge in [0, 0.05) is 37.8 Å². The predicted molar refractivity (Wildman–Crippen MR) is 234 cm³/mol. The van der Waals surface area contributed by atoms with Crippen LogP contribution in [0.3, 0.4) is 0 Å². The number of rotatable bonds is 5. The fraction of sp³-hybridized carbons (Fsp3) is 0. The molecule has 0 N–H and O–H groups in total. The molecule has 11 rings (SSSR count). The van der Waals surface area contributed by atoms with Gasteiger partial charge in [-0.05, 0) is 72.4 Å². The Labute approximate surface area is 318 Å². The molecule has 0 bridgehead atoms. The fourth-order valence-corrected chi connectivity index (χ4v) is 11.6. The van der Waals surface area contributed by atoms with Crippen LogP contribution in [0.25, 0.3) is 87.3 Å². The molecule has 0 fully saturated rings. The largest absolute Gasteiger partial charge is 0.455 e. The summed E-state index contributed by atoms with van der Waals surface area (Å²) < 4.78 is 22.5. The average Bonchev–Trinajstić information content (AvgIpc) is 3.67. The lowest BCUT2D eigenvalue weighted by atomic mass is 9.85. The Balaban J connectivity index is 1.23. The molecule has 55 heavy (non-hydrogen) atoms. The minimum atomic E-state index is -3.20. The van der Waals surface area contributed by atoms with Crippen molar-refractivity contribution in [2.45, 2.75) is 0 Å². The van der Waals surface area contributed by atoms with Crippen LogP contribution >= 0.6 is 7.14 Å². The molecule has 0 aliphatic carbocycles. The summed E-state index contributed by atoms with van der Waals surface area (Å²) in [7, 11) is -3.20. The van der Waals surface area contributed by atoms with Gasteiger partial charge in [0.15, 0.2) is 7.14 Å². The highest BCUT2D eigenvalue weighted by Crippen LogP contribution is 2.50. The molecule has 3 heteroatoms. The highest BCUT2D eigenvalue weighted by molar-refractivity contribution is 7.85. The molecule has 0 aliphatic heterocycles. The molecule has 10 aromatic carbocycles. The molecule has 1 aromatic heterocycles. The van der Waals surface area contributed by atoms with Gasteiger partial charge in [-0.15, -0.1) is 0 Å². The first kappa shape index (κ1) is 31.8. The van der Waals surface area contributed by atoms with Crippen LogP contribution in [-0.2, 0) is 4.57 Å². The molecule has 1 heterocycles. The van der Waals surface area contributed by atoms with Gasteiger partial charge in [0.2, 0.25) is 0 Å². The minimum Gasteiger partial charge on any atom is -0.455 e. The van der Waals surface area contributed by atoms with Crippen molar-refractivity contribution in [3.05, 3.63) is 200 Å². The molecule has 0 saturated carbocycles. The first-order chi connectivity index (χ1) is 27.2. The molecular weight excluding hydrogens is 688 g/mol. The van der Waals surface area contributed by atoms with Crippen LogP contribution in [0.15, 0.2) is 205 Å². The van der Waals surface area contributed by atoms with E-state index in [0.717, 1.165) is 81.7 Å². The number of hydrogen-bond donors (Lipinski definition) is 0. The van der Waals surface area contributed by atoms with Crippen LogP contribution in [0.5, 0.6) is 0 Å². The Kier molecular flexibility index (Phi) is 7.17. The lowest BCUT2D eigenvalue weighted by Gasteiger charge is -2.22. The Bertz CT molecular complexity index is 3240. The second kappa shape index (κ2) is 12.4. The standard InChI is InChI=1S/C52H33O2P/c53-55(37-19-3-1-4-20-37,38-21-5-2-6-22-38)39-23-15-18-36(32-39)48-42-26-11-13-28-44(42)49(45-29-14-12-27-43(45)48)46-33-35-17-8-10-25-41(35)51-50-40-24-9-7-16-34(40)30-31-47(50)54-52(46)51/h1-33H. The van der Waals surface area contributed by atoms with Crippen molar-refractivity contribution >= 4 is 88.1 Å². The zero-order valence-corrected chi connectivity index (χ0v) is 30.7. The first-order valence-electron chi connectivity index (χ1n) is 18.7. The topological polar surface area (TPSA) is 30.2 Å². The van der Waals surface area contributed by atoms with Crippen molar-refractivity contribution < 1.29 is 8.98 Å². The molecule has 0 saturated heterocycles. The Morgan fingerprint density at radius 1 is 0.364 bits per heavy atom. The van der Waals surface area contributed by atoms with Crippen LogP contribution in [0.1, 0.15) is 0 Å². The van der Waals surface area contributed by atoms with E-state index in [0.29, 0.717) is 0 Å². The third-order valence-electron chi connectivity index (χ3n) is 11.3. The van der Waals surface area contributed by atoms with Crippen LogP contribution < -0.4 is 15.9 Å². The third-order valence-corrected chi connectivity index (χ3v) is 14.3. The zero-order valence-electron chi connectivity index (χ0n) is 29.8. The van der Waals surface area contributed by atoms with Crippen LogP contribution in [0.4, 0.5) is 0 Å². The number of furan rings is 1. The lowest BCUT2D eigenvalue weighted by Crippen LogP contribution is -2.25. The summed E-state index contributed by atoms with van der Waals surface area (Å²) in [5, 5.41) is 14.0. The molecule has 0 atom stereocenters. The second-order valence-electron chi connectivity index (χ2n) is 14.3. The molecular formula is C52H33O2P. The van der Waals surface area contributed by atoms with Crippen molar-refractivity contribution in [3.63, 3.8) is 0 Å².